The van der Waals surface area contributed by atoms with Crippen LogP contribution in [-0.2, 0) is 12.8 Å². The van der Waals surface area contributed by atoms with Crippen molar-refractivity contribution in [2.75, 3.05) is 5.32 Å². The van der Waals surface area contributed by atoms with Crippen molar-refractivity contribution in [3.63, 3.8) is 0 Å². The van der Waals surface area contributed by atoms with Crippen molar-refractivity contribution in [1.82, 2.24) is 5.32 Å². The molecule has 1 aliphatic rings. The molecule has 130 valence electrons. The summed E-state index contributed by atoms with van der Waals surface area (Å²) in [6.07, 6.45) is 3.90. The summed E-state index contributed by atoms with van der Waals surface area (Å²) in [5.74, 6) is -0.896. The Balaban J connectivity index is 1.77. The molecule has 0 saturated heterocycles. The molecule has 0 aliphatic heterocycles. The first-order valence-electron chi connectivity index (χ1n) is 7.78. The first kappa shape index (κ1) is 17.8. The number of thiophene rings is 1. The second kappa shape index (κ2) is 7.51. The molecular weight excluding hydrogens is 378 g/mol. The van der Waals surface area contributed by atoms with E-state index in [1.807, 2.05) is 0 Å². The van der Waals surface area contributed by atoms with Crippen molar-refractivity contribution < 1.29 is 9.59 Å². The van der Waals surface area contributed by atoms with Crippen LogP contribution in [0.15, 0.2) is 24.3 Å². The zero-order valence-corrected chi connectivity index (χ0v) is 15.6. The lowest BCUT2D eigenvalue weighted by Gasteiger charge is -2.12. The number of amides is 2. The highest BCUT2D eigenvalue weighted by molar-refractivity contribution is 7.80. The number of anilines is 1. The maximum Gasteiger partial charge on any atom is 0.258 e. The first-order valence-corrected chi connectivity index (χ1v) is 9.39. The predicted molar refractivity (Wildman–Crippen MR) is 105 cm³/mol. The minimum absolute atomic E-state index is 0.103. The number of nitrogens with two attached hydrogens (primary N) is 1. The van der Waals surface area contributed by atoms with Gasteiger partial charge in [-0.2, -0.15) is 0 Å². The number of nitrogens with one attached hydrogen (secondary N) is 2. The number of fused-ring (bicyclic) bond motifs is 1. The summed E-state index contributed by atoms with van der Waals surface area (Å²) < 4.78 is 0. The number of carbonyl (C=O) groups excluding carboxylic acids is 2. The summed E-state index contributed by atoms with van der Waals surface area (Å²) in [4.78, 5) is 25.3. The van der Waals surface area contributed by atoms with Gasteiger partial charge in [-0.15, -0.1) is 11.3 Å². The number of primary amides is 1. The van der Waals surface area contributed by atoms with Crippen molar-refractivity contribution in [3.05, 3.63) is 50.9 Å². The molecule has 0 atom stereocenters. The Hall–Kier alpha value is -1.96. The van der Waals surface area contributed by atoms with Gasteiger partial charge in [0.1, 0.15) is 5.00 Å². The normalized spacial score (nSPS) is 13.0. The van der Waals surface area contributed by atoms with Crippen molar-refractivity contribution in [2.24, 2.45) is 5.73 Å². The van der Waals surface area contributed by atoms with Crippen LogP contribution in [0.4, 0.5) is 5.00 Å². The van der Waals surface area contributed by atoms with E-state index in [0.29, 0.717) is 21.2 Å². The molecule has 1 aromatic carbocycles. The van der Waals surface area contributed by atoms with Crippen molar-refractivity contribution in [3.8, 4) is 0 Å². The van der Waals surface area contributed by atoms with Gasteiger partial charge >= 0.3 is 0 Å². The number of thiocarbonyl (C=S) groups is 1. The zero-order valence-electron chi connectivity index (χ0n) is 13.2. The fourth-order valence-electron chi connectivity index (χ4n) is 2.86. The molecule has 1 heterocycles. The lowest BCUT2D eigenvalue weighted by atomic mass is 9.95. The number of halogens is 1. The summed E-state index contributed by atoms with van der Waals surface area (Å²) in [6, 6.07) is 6.70. The Labute approximate surface area is 159 Å². The number of benzene rings is 1. The van der Waals surface area contributed by atoms with Crippen LogP contribution in [0.1, 0.15) is 44.0 Å². The summed E-state index contributed by atoms with van der Waals surface area (Å²) in [6.45, 7) is 0. The molecule has 8 heteroatoms. The topological polar surface area (TPSA) is 84.2 Å². The van der Waals surface area contributed by atoms with Crippen LogP contribution in [0.2, 0.25) is 5.02 Å². The Kier molecular flexibility index (Phi) is 5.36. The van der Waals surface area contributed by atoms with Gasteiger partial charge in [0, 0.05) is 4.88 Å². The maximum atomic E-state index is 12.3. The van der Waals surface area contributed by atoms with E-state index in [4.69, 9.17) is 29.6 Å². The van der Waals surface area contributed by atoms with Crippen LogP contribution in [0.5, 0.6) is 0 Å². The fraction of sp³-hybridized carbons (Fsp3) is 0.235. The Morgan fingerprint density at radius 3 is 2.64 bits per heavy atom. The van der Waals surface area contributed by atoms with Crippen LogP contribution < -0.4 is 16.4 Å². The van der Waals surface area contributed by atoms with Crippen molar-refractivity contribution >= 4 is 57.1 Å². The van der Waals surface area contributed by atoms with Crippen molar-refractivity contribution in [1.29, 1.82) is 0 Å². The van der Waals surface area contributed by atoms with Gasteiger partial charge in [0.25, 0.3) is 11.8 Å². The van der Waals surface area contributed by atoms with Gasteiger partial charge in [-0.3, -0.25) is 14.9 Å². The molecule has 0 fully saturated rings. The molecule has 1 aliphatic carbocycles. The van der Waals surface area contributed by atoms with Crippen LogP contribution in [-0.4, -0.2) is 16.9 Å². The standard InChI is InChI=1S/C17H16ClN3O2S2/c18-11-7-3-1-5-9(11)15(23)20-17(24)21-16-13(14(19)22)10-6-2-4-8-12(10)25-16/h1,3,5,7H,2,4,6,8H2,(H2,19,22)(H2,20,21,23,24). The minimum Gasteiger partial charge on any atom is -0.365 e. The van der Waals surface area contributed by atoms with Gasteiger partial charge in [0.05, 0.1) is 16.1 Å². The molecule has 5 nitrogen and oxygen atoms in total. The second-order valence-electron chi connectivity index (χ2n) is 5.67. The van der Waals surface area contributed by atoms with E-state index in [9.17, 15) is 9.59 Å². The molecule has 1 aromatic heterocycles. The second-order valence-corrected chi connectivity index (χ2v) is 7.59. The third kappa shape index (κ3) is 3.84. The third-order valence-electron chi connectivity index (χ3n) is 3.99. The molecule has 0 radical (unpaired) electrons. The zero-order chi connectivity index (χ0) is 18.0. The van der Waals surface area contributed by atoms with Gasteiger partial charge in [-0.05, 0) is 55.6 Å². The van der Waals surface area contributed by atoms with Crippen LogP contribution in [0.25, 0.3) is 0 Å². The Morgan fingerprint density at radius 2 is 1.92 bits per heavy atom. The molecule has 3 rings (SSSR count). The average molecular weight is 394 g/mol. The largest absolute Gasteiger partial charge is 0.365 e. The average Bonchev–Trinajstić information content (AvgIpc) is 2.92. The maximum absolute atomic E-state index is 12.3. The first-order chi connectivity index (χ1) is 12.0. The molecule has 2 aromatic rings. The summed E-state index contributed by atoms with van der Waals surface area (Å²) >= 11 is 12.7. The quantitative estimate of drug-likeness (QED) is 0.697. The predicted octanol–water partition coefficient (Wildman–Crippen LogP) is 3.51. The van der Waals surface area contributed by atoms with Crippen LogP contribution >= 0.6 is 35.2 Å². The third-order valence-corrected chi connectivity index (χ3v) is 5.73. The fourth-order valence-corrected chi connectivity index (χ4v) is 4.64. The Morgan fingerprint density at radius 1 is 1.20 bits per heavy atom. The lowest BCUT2D eigenvalue weighted by Crippen LogP contribution is -2.34. The van der Waals surface area contributed by atoms with Crippen LogP contribution in [0, 0.1) is 0 Å². The van der Waals surface area contributed by atoms with Crippen LogP contribution in [0.3, 0.4) is 0 Å². The molecule has 2 amide bonds. The van der Waals surface area contributed by atoms with Gasteiger partial charge in [-0.25, -0.2) is 0 Å². The van der Waals surface area contributed by atoms with E-state index in [1.54, 1.807) is 24.3 Å². The summed E-state index contributed by atoms with van der Waals surface area (Å²) in [7, 11) is 0. The van der Waals surface area contributed by atoms with E-state index in [-0.39, 0.29) is 5.11 Å². The highest BCUT2D eigenvalue weighted by Crippen LogP contribution is 2.37. The van der Waals surface area contributed by atoms with E-state index in [1.165, 1.54) is 11.3 Å². The highest BCUT2D eigenvalue weighted by atomic mass is 35.5. The van der Waals surface area contributed by atoms with E-state index >= 15 is 0 Å². The minimum atomic E-state index is -0.484. The molecule has 25 heavy (non-hydrogen) atoms. The molecule has 0 unspecified atom stereocenters. The van der Waals surface area contributed by atoms with Crippen molar-refractivity contribution in [2.45, 2.75) is 25.7 Å². The molecular formula is C17H16ClN3O2S2. The van der Waals surface area contributed by atoms with Gasteiger partial charge in [-0.1, -0.05) is 23.7 Å². The van der Waals surface area contributed by atoms with E-state index in [0.717, 1.165) is 36.1 Å². The van der Waals surface area contributed by atoms with Gasteiger partial charge in [0.15, 0.2) is 5.11 Å². The Bertz CT molecular complexity index is 864. The SMILES string of the molecule is NC(=O)c1c(NC(=S)NC(=O)c2ccccc2Cl)sc2c1CCCC2. The number of hydrogen-bond donors (Lipinski definition) is 3. The smallest absolute Gasteiger partial charge is 0.258 e. The van der Waals surface area contributed by atoms with E-state index in [2.05, 4.69) is 10.6 Å². The number of aryl methyl sites for hydroxylation is 1. The van der Waals surface area contributed by atoms with E-state index < -0.39 is 11.8 Å². The lowest BCUT2D eigenvalue weighted by molar-refractivity contribution is 0.0975. The monoisotopic (exact) mass is 393 g/mol. The highest BCUT2D eigenvalue weighted by Gasteiger charge is 2.24. The molecule has 0 spiro atoms. The molecule has 4 N–H and O–H groups in total. The number of carbonyl (C=O) groups is 2. The summed E-state index contributed by atoms with van der Waals surface area (Å²) in [5, 5.41) is 6.56. The molecule has 0 bridgehead atoms. The number of hydrogen-bond acceptors (Lipinski definition) is 4. The summed E-state index contributed by atoms with van der Waals surface area (Å²) in [5.41, 5.74) is 7.36. The molecule has 0 saturated carbocycles. The van der Waals surface area contributed by atoms with Gasteiger partial charge in [0.2, 0.25) is 0 Å². The van der Waals surface area contributed by atoms with Gasteiger partial charge < -0.3 is 11.1 Å². The number of rotatable bonds is 3.